The van der Waals surface area contributed by atoms with E-state index in [0.717, 1.165) is 11.3 Å². The highest BCUT2D eigenvalue weighted by molar-refractivity contribution is 7.99. The third-order valence-corrected chi connectivity index (χ3v) is 6.86. The van der Waals surface area contributed by atoms with Gasteiger partial charge >= 0.3 is 0 Å². The number of para-hydroxylation sites is 1. The number of thioether (sulfide) groups is 1. The van der Waals surface area contributed by atoms with Gasteiger partial charge in [0.05, 0.1) is 18.6 Å². The van der Waals surface area contributed by atoms with E-state index in [-0.39, 0.29) is 22.8 Å². The normalized spacial score (nSPS) is 11.9. The zero-order valence-corrected chi connectivity index (χ0v) is 22.9. The van der Waals surface area contributed by atoms with Crippen LogP contribution >= 0.6 is 11.8 Å². The number of hydrogen-bond donors (Lipinski definition) is 2. The average Bonchev–Trinajstić information content (AvgIpc) is 3.34. The fourth-order valence-corrected chi connectivity index (χ4v) is 4.51. The van der Waals surface area contributed by atoms with Gasteiger partial charge in [0.15, 0.2) is 22.5 Å². The molecule has 1 heterocycles. The Morgan fingerprint density at radius 1 is 1.05 bits per heavy atom. The van der Waals surface area contributed by atoms with Crippen LogP contribution in [0.4, 0.5) is 0 Å². The van der Waals surface area contributed by atoms with Crippen LogP contribution in [0.1, 0.15) is 38.8 Å². The second-order valence-electron chi connectivity index (χ2n) is 9.71. The third-order valence-electron chi connectivity index (χ3n) is 5.93. The maximum atomic E-state index is 12.6. The van der Waals surface area contributed by atoms with E-state index in [1.165, 1.54) is 30.5 Å². The van der Waals surface area contributed by atoms with Crippen molar-refractivity contribution in [2.45, 2.75) is 38.3 Å². The van der Waals surface area contributed by atoms with Gasteiger partial charge in [-0.3, -0.25) is 9.36 Å². The molecule has 0 saturated carbocycles. The predicted molar refractivity (Wildman–Crippen MR) is 151 cm³/mol. The number of phenols is 1. The molecule has 0 bridgehead atoms. The predicted octanol–water partition coefficient (Wildman–Crippen LogP) is 5.58. The Morgan fingerprint density at radius 3 is 2.39 bits per heavy atom. The van der Waals surface area contributed by atoms with Crippen LogP contribution in [0.25, 0.3) is 17.1 Å². The molecular weight excluding hydrogens is 498 g/mol. The minimum atomic E-state index is -0.286. The highest BCUT2D eigenvalue weighted by Crippen LogP contribution is 2.30. The number of nitrogens with zero attached hydrogens (tertiary/aromatic N) is 4. The Bertz CT molecular complexity index is 1440. The Hall–Kier alpha value is -4.11. The highest BCUT2D eigenvalue weighted by atomic mass is 32.2. The number of ether oxygens (including phenoxy) is 1. The number of benzene rings is 3. The first kappa shape index (κ1) is 26.9. The molecule has 4 rings (SSSR count). The summed E-state index contributed by atoms with van der Waals surface area (Å²) in [5, 5.41) is 23.6. The summed E-state index contributed by atoms with van der Waals surface area (Å²) in [5.74, 6) is 0.886. The van der Waals surface area contributed by atoms with Gasteiger partial charge < -0.3 is 9.84 Å². The van der Waals surface area contributed by atoms with E-state index in [9.17, 15) is 9.90 Å². The number of aromatic hydroxyl groups is 1. The van der Waals surface area contributed by atoms with Crippen LogP contribution in [0.15, 0.2) is 83.1 Å². The minimum absolute atomic E-state index is 0.00512. The van der Waals surface area contributed by atoms with Crippen molar-refractivity contribution >= 4 is 23.4 Å². The van der Waals surface area contributed by atoms with Gasteiger partial charge in [-0.1, -0.05) is 75.0 Å². The number of rotatable bonds is 8. The van der Waals surface area contributed by atoms with E-state index >= 15 is 0 Å². The SMILES string of the molecule is COc1ccc(/C(C)=N/NC(=O)CSc2nnc(-c3ccc(C(C)(C)C)cc3)n2-c2ccccc2)cc1O. The van der Waals surface area contributed by atoms with E-state index in [0.29, 0.717) is 28.0 Å². The highest BCUT2D eigenvalue weighted by Gasteiger charge is 2.19. The first-order valence-electron chi connectivity index (χ1n) is 12.1. The van der Waals surface area contributed by atoms with Crippen LogP contribution in [0.5, 0.6) is 11.5 Å². The van der Waals surface area contributed by atoms with Crippen molar-refractivity contribution in [1.82, 2.24) is 20.2 Å². The molecule has 196 valence electrons. The Kier molecular flexibility index (Phi) is 8.16. The van der Waals surface area contributed by atoms with Crippen molar-refractivity contribution in [1.29, 1.82) is 0 Å². The summed E-state index contributed by atoms with van der Waals surface area (Å²) in [6, 6.07) is 23.1. The Labute approximate surface area is 226 Å². The maximum Gasteiger partial charge on any atom is 0.250 e. The molecule has 0 aliphatic rings. The largest absolute Gasteiger partial charge is 0.504 e. The number of hydrogen-bond acceptors (Lipinski definition) is 7. The molecule has 38 heavy (non-hydrogen) atoms. The lowest BCUT2D eigenvalue weighted by molar-refractivity contribution is -0.118. The lowest BCUT2D eigenvalue weighted by Gasteiger charge is -2.19. The van der Waals surface area contributed by atoms with Crippen LogP contribution in [-0.4, -0.2) is 44.4 Å². The third kappa shape index (κ3) is 6.23. The summed E-state index contributed by atoms with van der Waals surface area (Å²) in [6.45, 7) is 8.29. The summed E-state index contributed by atoms with van der Waals surface area (Å²) >= 11 is 1.28. The average molecular weight is 530 g/mol. The van der Waals surface area contributed by atoms with Gasteiger partial charge in [-0.25, -0.2) is 5.43 Å². The zero-order valence-electron chi connectivity index (χ0n) is 22.1. The van der Waals surface area contributed by atoms with Crippen molar-refractivity contribution in [2.75, 3.05) is 12.9 Å². The van der Waals surface area contributed by atoms with Gasteiger partial charge in [-0.2, -0.15) is 5.10 Å². The number of carbonyl (C=O) groups is 1. The quantitative estimate of drug-likeness (QED) is 0.176. The van der Waals surface area contributed by atoms with Gasteiger partial charge in [0.25, 0.3) is 5.91 Å². The van der Waals surface area contributed by atoms with Gasteiger partial charge in [-0.15, -0.1) is 10.2 Å². The van der Waals surface area contributed by atoms with Crippen molar-refractivity contribution in [2.24, 2.45) is 5.10 Å². The second kappa shape index (κ2) is 11.5. The summed E-state index contributed by atoms with van der Waals surface area (Å²) in [7, 11) is 1.48. The minimum Gasteiger partial charge on any atom is -0.504 e. The molecule has 0 spiro atoms. The first-order chi connectivity index (χ1) is 18.2. The van der Waals surface area contributed by atoms with Crippen LogP contribution in [0.3, 0.4) is 0 Å². The monoisotopic (exact) mass is 529 g/mol. The van der Waals surface area contributed by atoms with Crippen molar-refractivity contribution < 1.29 is 14.6 Å². The number of nitrogens with one attached hydrogen (secondary N) is 1. The summed E-state index contributed by atoms with van der Waals surface area (Å²) < 4.78 is 7.02. The number of phenolic OH excluding ortho intramolecular Hbond substituents is 1. The fraction of sp³-hybridized carbons (Fsp3) is 0.241. The Morgan fingerprint density at radius 2 is 1.76 bits per heavy atom. The molecule has 0 saturated heterocycles. The molecule has 0 unspecified atom stereocenters. The molecule has 0 aliphatic heterocycles. The van der Waals surface area contributed by atoms with E-state index in [2.05, 4.69) is 65.8 Å². The number of amides is 1. The standard InChI is InChI=1S/C29H31N5O3S/c1-19(21-13-16-25(37-5)24(35)17-21)30-31-26(36)18-38-28-33-32-27(34(28)23-9-7-6-8-10-23)20-11-14-22(15-12-20)29(2,3)4/h6-17,35H,18H2,1-5H3,(H,31,36)/b30-19+. The summed E-state index contributed by atoms with van der Waals surface area (Å²) in [6.07, 6.45) is 0. The molecule has 8 nitrogen and oxygen atoms in total. The lowest BCUT2D eigenvalue weighted by Crippen LogP contribution is -2.21. The van der Waals surface area contributed by atoms with Crippen LogP contribution in [0.2, 0.25) is 0 Å². The van der Waals surface area contributed by atoms with E-state index in [1.54, 1.807) is 19.1 Å². The molecule has 0 atom stereocenters. The van der Waals surface area contributed by atoms with Gasteiger partial charge in [0, 0.05) is 16.8 Å². The van der Waals surface area contributed by atoms with Crippen molar-refractivity contribution in [3.63, 3.8) is 0 Å². The molecule has 0 fully saturated rings. The molecular formula is C29H31N5O3S. The van der Waals surface area contributed by atoms with Gasteiger partial charge in [-0.05, 0) is 48.2 Å². The van der Waals surface area contributed by atoms with Crippen LogP contribution in [-0.2, 0) is 10.2 Å². The first-order valence-corrected chi connectivity index (χ1v) is 13.1. The molecule has 1 amide bonds. The molecule has 1 aromatic heterocycles. The lowest BCUT2D eigenvalue weighted by atomic mass is 9.87. The van der Waals surface area contributed by atoms with Crippen LogP contribution in [0, 0.1) is 0 Å². The van der Waals surface area contributed by atoms with E-state index in [4.69, 9.17) is 4.74 Å². The number of aromatic nitrogens is 3. The molecule has 2 N–H and O–H groups in total. The van der Waals surface area contributed by atoms with Gasteiger partial charge in [0.1, 0.15) is 0 Å². The Balaban J connectivity index is 1.51. The molecule has 0 aliphatic carbocycles. The number of hydrazone groups is 1. The van der Waals surface area contributed by atoms with Crippen LogP contribution < -0.4 is 10.2 Å². The molecule has 9 heteroatoms. The molecule has 0 radical (unpaired) electrons. The summed E-state index contributed by atoms with van der Waals surface area (Å²) in [4.78, 5) is 12.6. The number of carbonyl (C=O) groups excluding carboxylic acids is 1. The van der Waals surface area contributed by atoms with E-state index < -0.39 is 0 Å². The molecule has 3 aromatic carbocycles. The fourth-order valence-electron chi connectivity index (χ4n) is 3.77. The summed E-state index contributed by atoms with van der Waals surface area (Å²) in [5.41, 5.74) is 6.92. The van der Waals surface area contributed by atoms with Gasteiger partial charge in [0.2, 0.25) is 0 Å². The zero-order chi connectivity index (χ0) is 27.3. The van der Waals surface area contributed by atoms with Crippen molar-refractivity contribution in [3.8, 4) is 28.6 Å². The second-order valence-corrected chi connectivity index (χ2v) is 10.7. The number of methoxy groups -OCH3 is 1. The van der Waals surface area contributed by atoms with E-state index in [1.807, 2.05) is 34.9 Å². The molecule has 4 aromatic rings. The van der Waals surface area contributed by atoms with Crippen molar-refractivity contribution in [3.05, 3.63) is 83.9 Å². The smallest absolute Gasteiger partial charge is 0.250 e. The topological polar surface area (TPSA) is 102 Å². The maximum absolute atomic E-state index is 12.6.